The first-order valence-electron chi connectivity index (χ1n) is 6.79. The van der Waals surface area contributed by atoms with E-state index in [0.717, 1.165) is 13.0 Å². The summed E-state index contributed by atoms with van der Waals surface area (Å²) in [4.78, 5) is 27.2. The number of carbonyl (C=O) groups is 2. The number of nitrogens with zero attached hydrogens (tertiary/aromatic N) is 2. The number of likely N-dealkylation sites (N-methyl/N-ethyl adjacent to an activating group) is 2. The molecule has 1 rings (SSSR count). The maximum absolute atomic E-state index is 12.2. The molecule has 0 aliphatic heterocycles. The highest BCUT2D eigenvalue weighted by Crippen LogP contribution is 2.32. The van der Waals surface area contributed by atoms with E-state index >= 15 is 0 Å². The van der Waals surface area contributed by atoms with Crippen molar-refractivity contribution in [2.45, 2.75) is 44.7 Å². The van der Waals surface area contributed by atoms with Crippen molar-refractivity contribution in [1.82, 2.24) is 15.1 Å². The Morgan fingerprint density at radius 1 is 1.37 bits per heavy atom. The van der Waals surface area contributed by atoms with Crippen LogP contribution in [0.5, 0.6) is 0 Å². The van der Waals surface area contributed by atoms with Crippen LogP contribution in [0.1, 0.15) is 33.1 Å². The first kappa shape index (κ1) is 15.8. The molecular weight excluding hydrogens is 246 g/mol. The van der Waals surface area contributed by atoms with Gasteiger partial charge in [0.2, 0.25) is 0 Å². The van der Waals surface area contributed by atoms with Crippen molar-refractivity contribution >= 4 is 12.0 Å². The monoisotopic (exact) mass is 271 g/mol. The van der Waals surface area contributed by atoms with Crippen molar-refractivity contribution in [3.8, 4) is 0 Å². The molecule has 1 aliphatic carbocycles. The van der Waals surface area contributed by atoms with Crippen LogP contribution in [-0.2, 0) is 4.79 Å². The van der Waals surface area contributed by atoms with E-state index in [1.165, 1.54) is 0 Å². The molecule has 0 bridgehead atoms. The van der Waals surface area contributed by atoms with Crippen molar-refractivity contribution in [2.75, 3.05) is 27.2 Å². The third-order valence-electron chi connectivity index (χ3n) is 3.73. The molecule has 0 aromatic rings. The van der Waals surface area contributed by atoms with Crippen molar-refractivity contribution in [2.24, 2.45) is 0 Å². The highest BCUT2D eigenvalue weighted by atomic mass is 16.4. The molecule has 2 amide bonds. The molecule has 0 aromatic carbocycles. The second kappa shape index (κ2) is 6.23. The Balaban J connectivity index is 2.66. The summed E-state index contributed by atoms with van der Waals surface area (Å²) in [6.45, 7) is 5.19. The standard InChI is InChI=1S/C13H25N3O3/c1-5-16(10(2)9-15(3)4)12(19)14-13(11(17)18)7-6-8-13/h10H,5-9H2,1-4H3,(H,14,19)(H,17,18). The third kappa shape index (κ3) is 3.59. The number of nitrogens with one attached hydrogen (secondary N) is 1. The lowest BCUT2D eigenvalue weighted by Crippen LogP contribution is -2.63. The van der Waals surface area contributed by atoms with Gasteiger partial charge in [-0.25, -0.2) is 9.59 Å². The Morgan fingerprint density at radius 2 is 1.95 bits per heavy atom. The molecule has 1 saturated carbocycles. The van der Waals surface area contributed by atoms with Crippen molar-refractivity contribution in [3.05, 3.63) is 0 Å². The SMILES string of the molecule is CCN(C(=O)NC1(C(=O)O)CCC1)C(C)CN(C)C. The molecule has 1 aliphatic rings. The van der Waals surface area contributed by atoms with Crippen LogP contribution in [-0.4, -0.2) is 65.7 Å². The maximum Gasteiger partial charge on any atom is 0.329 e. The number of carboxylic acids is 1. The molecule has 1 atom stereocenters. The highest BCUT2D eigenvalue weighted by Gasteiger charge is 2.46. The first-order chi connectivity index (χ1) is 8.82. The number of hydrogen-bond acceptors (Lipinski definition) is 3. The lowest BCUT2D eigenvalue weighted by atomic mass is 9.77. The average Bonchev–Trinajstić information content (AvgIpc) is 2.22. The minimum Gasteiger partial charge on any atom is -0.480 e. The summed E-state index contributed by atoms with van der Waals surface area (Å²) in [6.07, 6.45) is 1.90. The largest absolute Gasteiger partial charge is 0.480 e. The van der Waals surface area contributed by atoms with Gasteiger partial charge in [-0.15, -0.1) is 0 Å². The molecular formula is C13H25N3O3. The van der Waals surface area contributed by atoms with Crippen LogP contribution in [0, 0.1) is 0 Å². The normalized spacial score (nSPS) is 18.6. The van der Waals surface area contributed by atoms with E-state index in [4.69, 9.17) is 0 Å². The van der Waals surface area contributed by atoms with Crippen molar-refractivity contribution in [1.29, 1.82) is 0 Å². The fourth-order valence-corrected chi connectivity index (χ4v) is 2.48. The van der Waals surface area contributed by atoms with E-state index in [9.17, 15) is 14.7 Å². The number of carboxylic acid groups (broad SMARTS) is 1. The van der Waals surface area contributed by atoms with Gasteiger partial charge < -0.3 is 20.2 Å². The van der Waals surface area contributed by atoms with Crippen LogP contribution in [0.4, 0.5) is 4.79 Å². The lowest BCUT2D eigenvalue weighted by molar-refractivity contribution is -0.148. The number of aliphatic carboxylic acids is 1. The molecule has 0 saturated heterocycles. The zero-order valence-electron chi connectivity index (χ0n) is 12.3. The Kier molecular flexibility index (Phi) is 5.17. The van der Waals surface area contributed by atoms with Gasteiger partial charge in [0.05, 0.1) is 0 Å². The van der Waals surface area contributed by atoms with Gasteiger partial charge in [0.25, 0.3) is 0 Å². The van der Waals surface area contributed by atoms with Crippen LogP contribution < -0.4 is 5.32 Å². The van der Waals surface area contributed by atoms with E-state index in [0.29, 0.717) is 19.4 Å². The molecule has 6 nitrogen and oxygen atoms in total. The minimum atomic E-state index is -1.04. The van der Waals surface area contributed by atoms with E-state index in [-0.39, 0.29) is 12.1 Å². The number of amides is 2. The smallest absolute Gasteiger partial charge is 0.329 e. The van der Waals surface area contributed by atoms with Crippen molar-refractivity contribution in [3.63, 3.8) is 0 Å². The molecule has 110 valence electrons. The number of rotatable bonds is 6. The number of carbonyl (C=O) groups excluding carboxylic acids is 1. The van der Waals surface area contributed by atoms with Gasteiger partial charge in [0, 0.05) is 19.1 Å². The van der Waals surface area contributed by atoms with E-state index < -0.39 is 11.5 Å². The van der Waals surface area contributed by atoms with Gasteiger partial charge in [0.1, 0.15) is 5.54 Å². The van der Waals surface area contributed by atoms with E-state index in [1.807, 2.05) is 32.8 Å². The highest BCUT2D eigenvalue weighted by molar-refractivity contribution is 5.87. The third-order valence-corrected chi connectivity index (χ3v) is 3.73. The summed E-state index contributed by atoms with van der Waals surface area (Å²) in [5, 5.41) is 11.9. The maximum atomic E-state index is 12.2. The summed E-state index contributed by atoms with van der Waals surface area (Å²) in [5.74, 6) is -0.927. The quantitative estimate of drug-likeness (QED) is 0.755. The fraction of sp³-hybridized carbons (Fsp3) is 0.846. The lowest BCUT2D eigenvalue weighted by Gasteiger charge is -2.40. The molecule has 0 radical (unpaired) electrons. The summed E-state index contributed by atoms with van der Waals surface area (Å²) in [5.41, 5.74) is -1.04. The van der Waals surface area contributed by atoms with Gasteiger partial charge in [-0.3, -0.25) is 0 Å². The van der Waals surface area contributed by atoms with Crippen LogP contribution in [0.25, 0.3) is 0 Å². The Hall–Kier alpha value is -1.30. The molecule has 0 heterocycles. The van der Waals surface area contributed by atoms with E-state index in [2.05, 4.69) is 5.32 Å². The second-order valence-corrected chi connectivity index (χ2v) is 5.57. The van der Waals surface area contributed by atoms with Crippen LogP contribution in [0.2, 0.25) is 0 Å². The molecule has 1 fully saturated rings. The molecule has 0 aromatic heterocycles. The summed E-state index contributed by atoms with van der Waals surface area (Å²) < 4.78 is 0. The van der Waals surface area contributed by atoms with Crippen molar-refractivity contribution < 1.29 is 14.7 Å². The number of hydrogen-bond donors (Lipinski definition) is 2. The minimum absolute atomic E-state index is 0.0471. The van der Waals surface area contributed by atoms with Gasteiger partial charge >= 0.3 is 12.0 Å². The van der Waals surface area contributed by atoms with Gasteiger partial charge in [0.15, 0.2) is 0 Å². The Bertz CT molecular complexity index is 340. The summed E-state index contributed by atoms with van der Waals surface area (Å²) in [6, 6.07) is -0.232. The predicted molar refractivity (Wildman–Crippen MR) is 73.1 cm³/mol. The molecule has 0 spiro atoms. The Labute approximate surface area is 114 Å². The topological polar surface area (TPSA) is 72.9 Å². The average molecular weight is 271 g/mol. The van der Waals surface area contributed by atoms with Gasteiger partial charge in [-0.2, -0.15) is 0 Å². The zero-order valence-corrected chi connectivity index (χ0v) is 12.3. The fourth-order valence-electron chi connectivity index (χ4n) is 2.48. The van der Waals surface area contributed by atoms with Gasteiger partial charge in [-0.05, 0) is 47.2 Å². The molecule has 1 unspecified atom stereocenters. The van der Waals surface area contributed by atoms with E-state index in [1.54, 1.807) is 4.90 Å². The molecule has 2 N–H and O–H groups in total. The van der Waals surface area contributed by atoms with Crippen LogP contribution >= 0.6 is 0 Å². The van der Waals surface area contributed by atoms with Crippen LogP contribution in [0.15, 0.2) is 0 Å². The Morgan fingerprint density at radius 3 is 2.26 bits per heavy atom. The summed E-state index contributed by atoms with van der Waals surface area (Å²) >= 11 is 0. The number of urea groups is 1. The molecule has 6 heteroatoms. The zero-order chi connectivity index (χ0) is 14.6. The predicted octanol–water partition coefficient (Wildman–Crippen LogP) is 0.975. The first-order valence-corrected chi connectivity index (χ1v) is 6.79. The van der Waals surface area contributed by atoms with Gasteiger partial charge in [-0.1, -0.05) is 0 Å². The second-order valence-electron chi connectivity index (χ2n) is 5.57. The molecule has 19 heavy (non-hydrogen) atoms. The van der Waals surface area contributed by atoms with Crippen LogP contribution in [0.3, 0.4) is 0 Å². The summed E-state index contributed by atoms with van der Waals surface area (Å²) in [7, 11) is 3.90.